The van der Waals surface area contributed by atoms with Crippen molar-refractivity contribution >= 4 is 28.6 Å². The summed E-state index contributed by atoms with van der Waals surface area (Å²) in [7, 11) is 0. The van der Waals surface area contributed by atoms with Crippen molar-refractivity contribution in [3.8, 4) is 17.1 Å². The number of fused-ring (bicyclic) bond motifs is 1. The zero-order chi connectivity index (χ0) is 24.2. The fourth-order valence-electron chi connectivity index (χ4n) is 3.96. The number of para-hydroxylation sites is 1. The summed E-state index contributed by atoms with van der Waals surface area (Å²) in [4.78, 5) is 15.8. The molecule has 0 atom stereocenters. The third kappa shape index (κ3) is 4.97. The number of carbonyl (C=O) groups excluding carboxylic acids is 1. The number of H-pyrrole nitrogens is 1. The number of halogens is 1. The molecule has 0 saturated heterocycles. The molecule has 0 aliphatic heterocycles. The summed E-state index contributed by atoms with van der Waals surface area (Å²) in [6, 6.07) is 22.4. The molecule has 0 unspecified atom stereocenters. The van der Waals surface area contributed by atoms with Crippen molar-refractivity contribution in [1.82, 2.24) is 25.1 Å². The van der Waals surface area contributed by atoms with Crippen LogP contribution in [0.3, 0.4) is 0 Å². The van der Waals surface area contributed by atoms with E-state index in [1.807, 2.05) is 55.6 Å². The van der Waals surface area contributed by atoms with Crippen LogP contribution in [-0.2, 0) is 11.2 Å². The van der Waals surface area contributed by atoms with Gasteiger partial charge >= 0.3 is 0 Å². The molecule has 2 heterocycles. The Morgan fingerprint density at radius 2 is 1.80 bits per heavy atom. The monoisotopic (exact) mass is 485 g/mol. The highest BCUT2D eigenvalue weighted by atomic mass is 32.2. The Balaban J connectivity index is 1.29. The second kappa shape index (κ2) is 10.1. The maximum Gasteiger partial charge on any atom is 0.230 e. The number of benzene rings is 3. The molecule has 0 saturated carbocycles. The zero-order valence-corrected chi connectivity index (χ0v) is 20.0. The van der Waals surface area contributed by atoms with Crippen LogP contribution < -0.4 is 5.32 Å². The van der Waals surface area contributed by atoms with Crippen LogP contribution in [-0.4, -0.2) is 38.0 Å². The lowest BCUT2D eigenvalue weighted by Gasteiger charge is -2.11. The van der Waals surface area contributed by atoms with Crippen molar-refractivity contribution in [2.24, 2.45) is 0 Å². The second-order valence-corrected chi connectivity index (χ2v) is 9.15. The van der Waals surface area contributed by atoms with Gasteiger partial charge in [0.1, 0.15) is 5.82 Å². The van der Waals surface area contributed by atoms with E-state index in [4.69, 9.17) is 0 Å². The molecule has 5 rings (SSSR count). The predicted molar refractivity (Wildman–Crippen MR) is 137 cm³/mol. The summed E-state index contributed by atoms with van der Waals surface area (Å²) in [6.45, 7) is 2.54. The van der Waals surface area contributed by atoms with Gasteiger partial charge in [-0.2, -0.15) is 0 Å². The first-order valence-corrected chi connectivity index (χ1v) is 12.3. The highest BCUT2D eigenvalue weighted by Crippen LogP contribution is 2.29. The topological polar surface area (TPSA) is 75.6 Å². The average molecular weight is 486 g/mol. The Hall–Kier alpha value is -3.91. The molecule has 0 spiro atoms. The van der Waals surface area contributed by atoms with Crippen molar-refractivity contribution in [1.29, 1.82) is 0 Å². The van der Waals surface area contributed by atoms with E-state index in [1.165, 1.54) is 28.8 Å². The minimum atomic E-state index is -0.375. The van der Waals surface area contributed by atoms with Crippen LogP contribution in [0.4, 0.5) is 4.39 Å². The van der Waals surface area contributed by atoms with Gasteiger partial charge in [0.05, 0.1) is 11.3 Å². The van der Waals surface area contributed by atoms with E-state index < -0.39 is 0 Å². The summed E-state index contributed by atoms with van der Waals surface area (Å²) >= 11 is 1.27. The molecular formula is C27H24FN5OS. The first kappa shape index (κ1) is 22.9. The number of amides is 1. The Bertz CT molecular complexity index is 1470. The predicted octanol–water partition coefficient (Wildman–Crippen LogP) is 5.31. The van der Waals surface area contributed by atoms with E-state index in [0.717, 1.165) is 23.2 Å². The minimum Gasteiger partial charge on any atom is -0.361 e. The maximum atomic E-state index is 14.6. The van der Waals surface area contributed by atoms with Gasteiger partial charge in [0.2, 0.25) is 5.91 Å². The number of hydrogen-bond acceptors (Lipinski definition) is 4. The summed E-state index contributed by atoms with van der Waals surface area (Å²) in [5, 5.41) is 13.2. The van der Waals surface area contributed by atoms with Gasteiger partial charge in [-0.15, -0.1) is 10.2 Å². The van der Waals surface area contributed by atoms with Crippen molar-refractivity contribution < 1.29 is 9.18 Å². The summed E-state index contributed by atoms with van der Waals surface area (Å²) in [5.41, 5.74) is 4.53. The molecule has 1 amide bonds. The fourth-order valence-corrected chi connectivity index (χ4v) is 4.74. The quantitative estimate of drug-likeness (QED) is 0.292. The number of aromatic nitrogens is 4. The average Bonchev–Trinajstić information content (AvgIpc) is 3.48. The zero-order valence-electron chi connectivity index (χ0n) is 19.2. The van der Waals surface area contributed by atoms with Crippen LogP contribution in [0.1, 0.15) is 11.1 Å². The Morgan fingerprint density at radius 1 is 1.03 bits per heavy atom. The van der Waals surface area contributed by atoms with E-state index >= 15 is 0 Å². The summed E-state index contributed by atoms with van der Waals surface area (Å²) in [5.74, 6) is 0.101. The van der Waals surface area contributed by atoms with Crippen molar-refractivity contribution in [3.05, 3.63) is 95.9 Å². The Kier molecular flexibility index (Phi) is 6.63. The molecule has 0 bridgehead atoms. The van der Waals surface area contributed by atoms with Crippen LogP contribution in [0, 0.1) is 12.7 Å². The molecule has 8 heteroatoms. The van der Waals surface area contributed by atoms with Crippen LogP contribution in [0.15, 0.2) is 84.1 Å². The fraction of sp³-hybridized carbons (Fsp3) is 0.148. The van der Waals surface area contributed by atoms with Crippen LogP contribution in [0.25, 0.3) is 28.0 Å². The summed E-state index contributed by atoms with van der Waals surface area (Å²) in [6.07, 6.45) is 2.72. The van der Waals surface area contributed by atoms with E-state index in [-0.39, 0.29) is 17.5 Å². The normalized spacial score (nSPS) is 11.1. The standard InChI is InChI=1S/C27H24FN5OS/c1-18-10-12-20(13-11-18)33-26(22-7-2-4-8-23(22)28)31-32-27(33)35-17-25(34)29-15-14-19-16-30-24-9-5-3-6-21(19)24/h2-13,16,30H,14-15,17H2,1H3,(H,29,34). The van der Waals surface area contributed by atoms with E-state index in [2.05, 4.69) is 26.6 Å². The third-order valence-corrected chi connectivity index (χ3v) is 6.69. The molecule has 176 valence electrons. The first-order chi connectivity index (χ1) is 17.1. The smallest absolute Gasteiger partial charge is 0.230 e. The highest BCUT2D eigenvalue weighted by Gasteiger charge is 2.19. The number of aromatic amines is 1. The number of nitrogens with one attached hydrogen (secondary N) is 2. The molecule has 0 aliphatic rings. The Labute approximate surface area is 206 Å². The molecule has 0 radical (unpaired) electrons. The molecule has 2 N–H and O–H groups in total. The van der Waals surface area contributed by atoms with Crippen LogP contribution in [0.5, 0.6) is 0 Å². The largest absolute Gasteiger partial charge is 0.361 e. The second-order valence-electron chi connectivity index (χ2n) is 8.21. The van der Waals surface area contributed by atoms with Gasteiger partial charge in [0.15, 0.2) is 11.0 Å². The van der Waals surface area contributed by atoms with Gasteiger partial charge in [-0.05, 0) is 49.2 Å². The van der Waals surface area contributed by atoms with Gasteiger partial charge in [-0.1, -0.05) is 59.8 Å². The lowest BCUT2D eigenvalue weighted by atomic mass is 10.1. The number of nitrogens with zero attached hydrogens (tertiary/aromatic N) is 3. The van der Waals surface area contributed by atoms with E-state index in [0.29, 0.717) is 23.1 Å². The van der Waals surface area contributed by atoms with Gasteiger partial charge in [-0.25, -0.2) is 4.39 Å². The molecule has 6 nitrogen and oxygen atoms in total. The number of aryl methyl sites for hydroxylation is 1. The van der Waals surface area contributed by atoms with Gasteiger partial charge in [0, 0.05) is 29.3 Å². The Morgan fingerprint density at radius 3 is 2.63 bits per heavy atom. The number of thioether (sulfide) groups is 1. The van der Waals surface area contributed by atoms with Gasteiger partial charge in [0.25, 0.3) is 0 Å². The van der Waals surface area contributed by atoms with Crippen molar-refractivity contribution in [2.45, 2.75) is 18.5 Å². The van der Waals surface area contributed by atoms with Crippen LogP contribution in [0.2, 0.25) is 0 Å². The van der Waals surface area contributed by atoms with E-state index in [1.54, 1.807) is 22.8 Å². The molecular weight excluding hydrogens is 461 g/mol. The number of rotatable bonds is 8. The molecule has 0 fully saturated rings. The lowest BCUT2D eigenvalue weighted by molar-refractivity contribution is -0.118. The number of carbonyl (C=O) groups is 1. The molecule has 5 aromatic rings. The lowest BCUT2D eigenvalue weighted by Crippen LogP contribution is -2.27. The number of hydrogen-bond donors (Lipinski definition) is 2. The van der Waals surface area contributed by atoms with Gasteiger partial charge in [-0.3, -0.25) is 9.36 Å². The molecule has 35 heavy (non-hydrogen) atoms. The highest BCUT2D eigenvalue weighted by molar-refractivity contribution is 7.99. The van der Waals surface area contributed by atoms with Crippen LogP contribution >= 0.6 is 11.8 Å². The summed E-state index contributed by atoms with van der Waals surface area (Å²) < 4.78 is 16.4. The SMILES string of the molecule is Cc1ccc(-n2c(SCC(=O)NCCc3c[nH]c4ccccc34)nnc2-c2ccccc2F)cc1. The molecule has 3 aromatic carbocycles. The third-order valence-electron chi connectivity index (χ3n) is 5.76. The van der Waals surface area contributed by atoms with Gasteiger partial charge < -0.3 is 10.3 Å². The maximum absolute atomic E-state index is 14.6. The van der Waals surface area contributed by atoms with Crippen molar-refractivity contribution in [3.63, 3.8) is 0 Å². The minimum absolute atomic E-state index is 0.0965. The molecule has 2 aromatic heterocycles. The van der Waals surface area contributed by atoms with Crippen molar-refractivity contribution in [2.75, 3.05) is 12.3 Å². The first-order valence-electron chi connectivity index (χ1n) is 11.3. The van der Waals surface area contributed by atoms with E-state index in [9.17, 15) is 9.18 Å². The molecule has 0 aliphatic carbocycles.